The van der Waals surface area contributed by atoms with Gasteiger partial charge in [-0.3, -0.25) is 0 Å². The molecular formula is C16H12Cl2N2O4S2. The van der Waals surface area contributed by atoms with Crippen molar-refractivity contribution in [1.82, 2.24) is 4.98 Å². The van der Waals surface area contributed by atoms with Crippen LogP contribution in [0.15, 0.2) is 41.4 Å². The summed E-state index contributed by atoms with van der Waals surface area (Å²) in [5.74, 6) is -0.269. The molecule has 1 aliphatic rings. The van der Waals surface area contributed by atoms with E-state index in [1.807, 2.05) is 0 Å². The molecule has 3 aromatic rings. The summed E-state index contributed by atoms with van der Waals surface area (Å²) in [5, 5.41) is 5.56. The Morgan fingerprint density at radius 3 is 2.46 bits per heavy atom. The molecule has 0 fully saturated rings. The molecule has 10 heteroatoms. The Balaban J connectivity index is 1.99. The molecule has 2 aromatic carbocycles. The number of nitrogens with one attached hydrogen (secondary N) is 1. The summed E-state index contributed by atoms with van der Waals surface area (Å²) in [5.41, 5.74) is 1.99. The van der Waals surface area contributed by atoms with Crippen LogP contribution in [0.3, 0.4) is 0 Å². The highest BCUT2D eigenvalue weighted by Gasteiger charge is 2.39. The lowest BCUT2D eigenvalue weighted by atomic mass is 9.99. The van der Waals surface area contributed by atoms with Crippen LogP contribution in [0.2, 0.25) is 10.0 Å². The highest BCUT2D eigenvalue weighted by molar-refractivity contribution is 7.91. The average Bonchev–Trinajstić information content (AvgIpc) is 3.04. The van der Waals surface area contributed by atoms with Crippen LogP contribution in [0.1, 0.15) is 21.9 Å². The maximum absolute atomic E-state index is 12.9. The van der Waals surface area contributed by atoms with Crippen LogP contribution in [0.4, 0.5) is 0 Å². The highest BCUT2D eigenvalue weighted by atomic mass is 35.5. The van der Waals surface area contributed by atoms with Crippen LogP contribution < -0.4 is 5.14 Å². The van der Waals surface area contributed by atoms with Crippen molar-refractivity contribution < 1.29 is 16.8 Å². The predicted octanol–water partition coefficient (Wildman–Crippen LogP) is 3.14. The minimum Gasteiger partial charge on any atom is -0.359 e. The van der Waals surface area contributed by atoms with E-state index >= 15 is 0 Å². The zero-order chi connectivity index (χ0) is 18.9. The number of hydrogen-bond donors (Lipinski definition) is 2. The number of rotatable bonds is 2. The minimum atomic E-state index is -3.92. The molecule has 1 atom stereocenters. The summed E-state index contributed by atoms with van der Waals surface area (Å²) in [7, 11) is -7.52. The van der Waals surface area contributed by atoms with Crippen molar-refractivity contribution in [1.29, 1.82) is 0 Å². The van der Waals surface area contributed by atoms with Gasteiger partial charge in [0.1, 0.15) is 5.25 Å². The molecule has 0 saturated carbocycles. The average molecular weight is 431 g/mol. The molecule has 0 saturated heterocycles. The van der Waals surface area contributed by atoms with Crippen molar-refractivity contribution in [3.05, 3.63) is 63.3 Å². The quantitative estimate of drug-likeness (QED) is 0.650. The number of sulfone groups is 1. The van der Waals surface area contributed by atoms with Crippen molar-refractivity contribution in [3.8, 4) is 0 Å². The first kappa shape index (κ1) is 17.8. The first-order chi connectivity index (χ1) is 12.1. The van der Waals surface area contributed by atoms with Crippen molar-refractivity contribution in [2.24, 2.45) is 5.14 Å². The molecule has 0 bridgehead atoms. The molecule has 6 nitrogen and oxygen atoms in total. The third-order valence-electron chi connectivity index (χ3n) is 4.49. The Labute approximate surface area is 159 Å². The number of aromatic nitrogens is 1. The number of fused-ring (bicyclic) bond motifs is 2. The third kappa shape index (κ3) is 2.64. The van der Waals surface area contributed by atoms with Gasteiger partial charge in [-0.05, 0) is 34.9 Å². The normalized spacial score (nSPS) is 19.0. The molecule has 136 valence electrons. The second-order valence-electron chi connectivity index (χ2n) is 6.12. The Hall–Kier alpha value is -1.58. The van der Waals surface area contributed by atoms with Crippen LogP contribution >= 0.6 is 23.2 Å². The molecule has 0 radical (unpaired) electrons. The number of aromatic amines is 1. The van der Waals surface area contributed by atoms with E-state index in [2.05, 4.69) is 4.98 Å². The summed E-state index contributed by atoms with van der Waals surface area (Å²) in [6.45, 7) is 0. The summed E-state index contributed by atoms with van der Waals surface area (Å²) in [4.78, 5) is 2.87. The maximum Gasteiger partial charge on any atom is 0.238 e. The number of nitrogens with two attached hydrogens (primary N) is 1. The van der Waals surface area contributed by atoms with E-state index in [4.69, 9.17) is 28.3 Å². The first-order valence-corrected chi connectivity index (χ1v) is 11.4. The first-order valence-electron chi connectivity index (χ1n) is 7.42. The van der Waals surface area contributed by atoms with E-state index in [1.165, 1.54) is 18.2 Å². The van der Waals surface area contributed by atoms with E-state index in [0.717, 1.165) is 0 Å². The van der Waals surface area contributed by atoms with E-state index in [1.54, 1.807) is 18.3 Å². The Kier molecular flexibility index (Phi) is 3.91. The lowest BCUT2D eigenvalue weighted by Gasteiger charge is -2.14. The molecule has 3 N–H and O–H groups in total. The molecular weight excluding hydrogens is 419 g/mol. The Morgan fingerprint density at radius 2 is 1.77 bits per heavy atom. The molecule has 0 spiro atoms. The number of benzene rings is 2. The van der Waals surface area contributed by atoms with Crippen LogP contribution in [0.5, 0.6) is 0 Å². The van der Waals surface area contributed by atoms with Gasteiger partial charge in [0.15, 0.2) is 9.84 Å². The largest absolute Gasteiger partial charge is 0.359 e. The van der Waals surface area contributed by atoms with Gasteiger partial charge in [-0.2, -0.15) is 0 Å². The highest BCUT2D eigenvalue weighted by Crippen LogP contribution is 2.45. The second kappa shape index (κ2) is 5.71. The van der Waals surface area contributed by atoms with Crippen molar-refractivity contribution in [2.45, 2.75) is 15.9 Å². The summed E-state index contributed by atoms with van der Waals surface area (Å²) >= 11 is 12.3. The number of halogens is 2. The molecule has 26 heavy (non-hydrogen) atoms. The fourth-order valence-corrected chi connectivity index (χ4v) is 6.58. The fraction of sp³-hybridized carbons (Fsp3) is 0.125. The zero-order valence-corrected chi connectivity index (χ0v) is 16.2. The molecule has 2 heterocycles. The van der Waals surface area contributed by atoms with Crippen LogP contribution in [-0.4, -0.2) is 21.8 Å². The lowest BCUT2D eigenvalue weighted by Crippen LogP contribution is -2.12. The van der Waals surface area contributed by atoms with Gasteiger partial charge in [0, 0.05) is 11.6 Å². The van der Waals surface area contributed by atoms with E-state index in [9.17, 15) is 16.8 Å². The SMILES string of the molecule is NS(=O)(=O)c1ccc2c(c1)CS(=O)(=O)C2c1ccc(Cl)c2c(Cl)c[nH]c12. The van der Waals surface area contributed by atoms with Crippen molar-refractivity contribution in [2.75, 3.05) is 0 Å². The van der Waals surface area contributed by atoms with Crippen LogP contribution in [0.25, 0.3) is 10.9 Å². The van der Waals surface area contributed by atoms with Crippen LogP contribution in [-0.2, 0) is 25.6 Å². The number of hydrogen-bond acceptors (Lipinski definition) is 4. The summed E-state index contributed by atoms with van der Waals surface area (Å²) in [6, 6.07) is 7.37. The zero-order valence-electron chi connectivity index (χ0n) is 13.0. The van der Waals surface area contributed by atoms with E-state index in [-0.39, 0.29) is 10.6 Å². The second-order valence-corrected chi connectivity index (χ2v) is 10.6. The maximum atomic E-state index is 12.9. The minimum absolute atomic E-state index is 0.115. The predicted molar refractivity (Wildman–Crippen MR) is 101 cm³/mol. The molecule has 0 amide bonds. The Bertz CT molecular complexity index is 1280. The van der Waals surface area contributed by atoms with Gasteiger partial charge in [-0.1, -0.05) is 35.3 Å². The topological polar surface area (TPSA) is 110 Å². The summed E-state index contributed by atoms with van der Waals surface area (Å²) < 4.78 is 48.8. The molecule has 0 aliphatic carbocycles. The molecule has 1 aromatic heterocycles. The smallest absolute Gasteiger partial charge is 0.238 e. The van der Waals surface area contributed by atoms with Gasteiger partial charge >= 0.3 is 0 Å². The molecule has 4 rings (SSSR count). The molecule has 1 unspecified atom stereocenters. The van der Waals surface area contributed by atoms with Gasteiger partial charge in [-0.15, -0.1) is 0 Å². The third-order valence-corrected chi connectivity index (χ3v) is 7.96. The van der Waals surface area contributed by atoms with Gasteiger partial charge in [0.05, 0.1) is 26.2 Å². The number of sulfonamides is 1. The van der Waals surface area contributed by atoms with Crippen molar-refractivity contribution >= 4 is 54.0 Å². The monoisotopic (exact) mass is 430 g/mol. The standard InChI is InChI=1S/C16H12Cl2N2O4S2/c17-12-4-3-11(15-14(12)13(18)6-20-15)16-10-2-1-9(26(19,23)24)5-8(10)7-25(16,21)22/h1-6,16,20H,7H2,(H2,19,23,24). The van der Waals surface area contributed by atoms with Gasteiger partial charge in [0.2, 0.25) is 10.0 Å². The fourth-order valence-electron chi connectivity index (χ4n) is 3.40. The summed E-state index contributed by atoms with van der Waals surface area (Å²) in [6.07, 6.45) is 1.55. The molecule has 1 aliphatic heterocycles. The number of primary sulfonamides is 1. The van der Waals surface area contributed by atoms with Gasteiger partial charge in [-0.25, -0.2) is 22.0 Å². The van der Waals surface area contributed by atoms with Crippen molar-refractivity contribution in [3.63, 3.8) is 0 Å². The Morgan fingerprint density at radius 1 is 1.08 bits per heavy atom. The van der Waals surface area contributed by atoms with E-state index < -0.39 is 25.1 Å². The van der Waals surface area contributed by atoms with Gasteiger partial charge in [0.25, 0.3) is 0 Å². The number of H-pyrrole nitrogens is 1. The van der Waals surface area contributed by atoms with Crippen LogP contribution in [0, 0.1) is 0 Å². The van der Waals surface area contributed by atoms with Gasteiger partial charge < -0.3 is 4.98 Å². The lowest BCUT2D eigenvalue weighted by molar-refractivity contribution is 0.592. The van der Waals surface area contributed by atoms with E-state index in [0.29, 0.717) is 37.6 Å².